The van der Waals surface area contributed by atoms with Crippen molar-refractivity contribution in [3.8, 4) is 5.75 Å². The number of rotatable bonds is 0. The molecule has 72 valence electrons. The first-order valence-corrected chi connectivity index (χ1v) is 5.14. The van der Waals surface area contributed by atoms with Crippen LogP contribution < -0.4 is 4.74 Å². The molecular weight excluding hydrogens is 244 g/mol. The van der Waals surface area contributed by atoms with Crippen molar-refractivity contribution in [3.63, 3.8) is 0 Å². The predicted molar refractivity (Wildman–Crippen MR) is 57.7 cm³/mol. The molecule has 0 saturated carbocycles. The first kappa shape index (κ1) is 9.46. The van der Waals surface area contributed by atoms with E-state index in [-0.39, 0.29) is 5.78 Å². The normalized spacial score (nSPS) is 17.9. The van der Waals surface area contributed by atoms with E-state index in [4.69, 9.17) is 4.74 Å². The van der Waals surface area contributed by atoms with Crippen molar-refractivity contribution < 1.29 is 9.53 Å². The van der Waals surface area contributed by atoms with Gasteiger partial charge in [0.15, 0.2) is 5.78 Å². The van der Waals surface area contributed by atoms with Crippen LogP contribution in [-0.2, 0) is 0 Å². The molecular formula is C11H9BrO2. The molecule has 1 aromatic rings. The summed E-state index contributed by atoms with van der Waals surface area (Å²) < 4.78 is 6.34. The second-order valence-corrected chi connectivity index (χ2v) is 3.99. The molecule has 0 unspecified atom stereocenters. The van der Waals surface area contributed by atoms with Gasteiger partial charge < -0.3 is 4.74 Å². The second kappa shape index (κ2) is 3.58. The Balaban J connectivity index is 2.54. The number of halogens is 1. The lowest BCUT2D eigenvalue weighted by atomic mass is 10.0. The zero-order valence-electron chi connectivity index (χ0n) is 7.71. The number of hydrogen-bond acceptors (Lipinski definition) is 2. The Morgan fingerprint density at radius 2 is 2.29 bits per heavy atom. The molecule has 2 nitrogen and oxygen atoms in total. The van der Waals surface area contributed by atoms with Gasteiger partial charge in [-0.1, -0.05) is 22.0 Å². The first-order chi connectivity index (χ1) is 6.72. The highest BCUT2D eigenvalue weighted by Gasteiger charge is 2.22. The van der Waals surface area contributed by atoms with Crippen molar-refractivity contribution in [3.05, 3.63) is 39.9 Å². The van der Waals surface area contributed by atoms with Crippen molar-refractivity contribution in [2.24, 2.45) is 0 Å². The summed E-state index contributed by atoms with van der Waals surface area (Å²) in [5.74, 6) is 0.735. The van der Waals surface area contributed by atoms with E-state index < -0.39 is 0 Å². The number of ether oxygens (including phenoxy) is 1. The highest BCUT2D eigenvalue weighted by Crippen LogP contribution is 2.29. The maximum atomic E-state index is 11.8. The fourth-order valence-electron chi connectivity index (χ4n) is 1.41. The van der Waals surface area contributed by atoms with Crippen molar-refractivity contribution in [2.75, 3.05) is 6.61 Å². The maximum absolute atomic E-state index is 11.8. The Morgan fingerprint density at radius 3 is 3.00 bits per heavy atom. The van der Waals surface area contributed by atoms with Crippen LogP contribution in [0, 0.1) is 0 Å². The molecule has 2 rings (SSSR count). The molecule has 0 fully saturated rings. The zero-order chi connectivity index (χ0) is 10.1. The van der Waals surface area contributed by atoms with Gasteiger partial charge in [0.05, 0.1) is 5.56 Å². The summed E-state index contributed by atoms with van der Waals surface area (Å²) in [6.07, 6.45) is 1.80. The lowest BCUT2D eigenvalue weighted by Crippen LogP contribution is -2.18. The van der Waals surface area contributed by atoms with Gasteiger partial charge in [-0.3, -0.25) is 4.79 Å². The molecule has 0 N–H and O–H groups in total. The van der Waals surface area contributed by atoms with Crippen LogP contribution in [0.25, 0.3) is 0 Å². The van der Waals surface area contributed by atoms with Crippen molar-refractivity contribution >= 4 is 21.7 Å². The Morgan fingerprint density at radius 1 is 1.50 bits per heavy atom. The number of benzene rings is 1. The van der Waals surface area contributed by atoms with Crippen LogP contribution in [0.1, 0.15) is 17.3 Å². The molecule has 1 aliphatic rings. The van der Waals surface area contributed by atoms with E-state index in [9.17, 15) is 4.79 Å². The van der Waals surface area contributed by atoms with Gasteiger partial charge >= 0.3 is 0 Å². The first-order valence-electron chi connectivity index (χ1n) is 4.34. The fourth-order valence-corrected chi connectivity index (χ4v) is 1.78. The minimum absolute atomic E-state index is 0.0649. The summed E-state index contributed by atoms with van der Waals surface area (Å²) in [6, 6.07) is 5.47. The summed E-state index contributed by atoms with van der Waals surface area (Å²) in [4.78, 5) is 11.8. The third-order valence-electron chi connectivity index (χ3n) is 2.21. The van der Waals surface area contributed by atoms with Crippen LogP contribution in [0.3, 0.4) is 0 Å². The van der Waals surface area contributed by atoms with Gasteiger partial charge in [0, 0.05) is 10.0 Å². The monoisotopic (exact) mass is 252 g/mol. The molecule has 14 heavy (non-hydrogen) atoms. The minimum atomic E-state index is 0.0649. The Bertz CT molecular complexity index is 421. The van der Waals surface area contributed by atoms with Crippen LogP contribution in [-0.4, -0.2) is 12.4 Å². The number of carbonyl (C=O) groups is 1. The fraction of sp³-hybridized carbons (Fsp3) is 0.182. The third kappa shape index (κ3) is 1.48. The molecule has 0 atom stereocenters. The van der Waals surface area contributed by atoms with E-state index in [1.54, 1.807) is 12.1 Å². The highest BCUT2D eigenvalue weighted by molar-refractivity contribution is 9.10. The molecule has 0 aliphatic carbocycles. The third-order valence-corrected chi connectivity index (χ3v) is 2.70. The number of carbonyl (C=O) groups excluding carboxylic acids is 1. The Labute approximate surface area is 90.7 Å². The molecule has 0 bridgehead atoms. The minimum Gasteiger partial charge on any atom is -0.488 e. The number of Topliss-reactive ketones (excluding diaryl/α,β-unsaturated/α-hetero) is 1. The van der Waals surface area contributed by atoms with Gasteiger partial charge in [0.1, 0.15) is 12.4 Å². The largest absolute Gasteiger partial charge is 0.488 e. The average Bonchev–Trinajstić information content (AvgIpc) is 2.20. The van der Waals surface area contributed by atoms with E-state index in [2.05, 4.69) is 15.9 Å². The number of allylic oxidation sites excluding steroid dienone is 1. The van der Waals surface area contributed by atoms with Crippen molar-refractivity contribution in [1.29, 1.82) is 0 Å². The highest BCUT2D eigenvalue weighted by atomic mass is 79.9. The van der Waals surface area contributed by atoms with Crippen LogP contribution in [0.5, 0.6) is 5.75 Å². The zero-order valence-corrected chi connectivity index (χ0v) is 9.30. The Hall–Kier alpha value is -1.09. The van der Waals surface area contributed by atoms with Gasteiger partial charge in [-0.2, -0.15) is 0 Å². The van der Waals surface area contributed by atoms with E-state index in [1.165, 1.54) is 0 Å². The second-order valence-electron chi connectivity index (χ2n) is 3.07. The summed E-state index contributed by atoms with van der Waals surface area (Å²) >= 11 is 3.33. The SMILES string of the molecule is C/C=C1\COc2ccc(Br)cc2C1=O. The van der Waals surface area contributed by atoms with Crippen LogP contribution in [0.2, 0.25) is 0 Å². The van der Waals surface area contributed by atoms with Gasteiger partial charge in [-0.25, -0.2) is 0 Å². The van der Waals surface area contributed by atoms with Crippen LogP contribution in [0.4, 0.5) is 0 Å². The smallest absolute Gasteiger partial charge is 0.195 e. The molecule has 0 amide bonds. The van der Waals surface area contributed by atoms with Gasteiger partial charge in [0.2, 0.25) is 0 Å². The summed E-state index contributed by atoms with van der Waals surface area (Å²) in [7, 11) is 0. The van der Waals surface area contributed by atoms with Gasteiger partial charge in [-0.05, 0) is 25.1 Å². The van der Waals surface area contributed by atoms with Gasteiger partial charge in [-0.15, -0.1) is 0 Å². The summed E-state index contributed by atoms with van der Waals surface area (Å²) in [6.45, 7) is 2.23. The molecule has 0 aromatic heterocycles. The van der Waals surface area contributed by atoms with E-state index in [1.807, 2.05) is 19.1 Å². The lowest BCUT2D eigenvalue weighted by molar-refractivity contribution is 0.0999. The average molecular weight is 253 g/mol. The van der Waals surface area contributed by atoms with Crippen LogP contribution in [0.15, 0.2) is 34.3 Å². The van der Waals surface area contributed by atoms with Gasteiger partial charge in [0.25, 0.3) is 0 Å². The molecule has 3 heteroatoms. The predicted octanol–water partition coefficient (Wildman–Crippen LogP) is 2.97. The van der Waals surface area contributed by atoms with E-state index in [0.29, 0.717) is 17.9 Å². The molecule has 1 heterocycles. The number of ketones is 1. The lowest BCUT2D eigenvalue weighted by Gasteiger charge is -2.18. The van der Waals surface area contributed by atoms with Crippen molar-refractivity contribution in [1.82, 2.24) is 0 Å². The quantitative estimate of drug-likeness (QED) is 0.664. The standard InChI is InChI=1S/C11H9BrO2/c1-2-7-6-14-10-4-3-8(12)5-9(10)11(7)13/h2-5H,6H2,1H3/b7-2+. The molecule has 1 aliphatic heterocycles. The Kier molecular flexibility index (Phi) is 2.42. The molecule has 0 spiro atoms. The topological polar surface area (TPSA) is 26.3 Å². The summed E-state index contributed by atoms with van der Waals surface area (Å²) in [5, 5.41) is 0. The van der Waals surface area contributed by atoms with Crippen molar-refractivity contribution in [2.45, 2.75) is 6.92 Å². The number of fused-ring (bicyclic) bond motifs is 1. The van der Waals surface area contributed by atoms with E-state index >= 15 is 0 Å². The number of hydrogen-bond donors (Lipinski definition) is 0. The van der Waals surface area contributed by atoms with Crippen LogP contribution >= 0.6 is 15.9 Å². The molecule has 0 radical (unpaired) electrons. The molecule has 0 saturated heterocycles. The molecule has 1 aromatic carbocycles. The summed E-state index contributed by atoms with van der Waals surface area (Å²) in [5.41, 5.74) is 1.36. The van der Waals surface area contributed by atoms with E-state index in [0.717, 1.165) is 10.0 Å². The maximum Gasteiger partial charge on any atom is 0.195 e.